The van der Waals surface area contributed by atoms with Gasteiger partial charge in [-0.05, 0) is 104 Å². The number of hydrogen-bond donors (Lipinski definition) is 1. The molecule has 2 saturated carbocycles. The molecule has 1 heterocycles. The molecule has 3 aromatic rings. The van der Waals surface area contributed by atoms with Crippen LogP contribution in [0.3, 0.4) is 0 Å². The van der Waals surface area contributed by atoms with Crippen LogP contribution >= 0.6 is 11.6 Å². The van der Waals surface area contributed by atoms with E-state index in [4.69, 9.17) is 11.6 Å². The minimum Gasteiger partial charge on any atom is -0.326 e. The molecule has 5 heteroatoms. The molecular weight excluding hydrogens is 399 g/mol. The summed E-state index contributed by atoms with van der Waals surface area (Å²) >= 11 is 5.94. The van der Waals surface area contributed by atoms with E-state index in [9.17, 15) is 9.18 Å². The molecule has 1 atom stereocenters. The number of carbonyl (C=O) groups is 1. The van der Waals surface area contributed by atoms with Gasteiger partial charge < -0.3 is 5.32 Å². The third-order valence-corrected chi connectivity index (χ3v) is 7.51. The Morgan fingerprint density at radius 2 is 1.77 bits per heavy atom. The Labute approximate surface area is 180 Å². The quantitative estimate of drug-likeness (QED) is 0.509. The van der Waals surface area contributed by atoms with Crippen LogP contribution in [0.2, 0.25) is 5.02 Å². The second kappa shape index (κ2) is 7.66. The van der Waals surface area contributed by atoms with Gasteiger partial charge in [-0.3, -0.25) is 9.78 Å². The fourth-order valence-corrected chi connectivity index (χ4v) is 5.59. The molecular formula is C25H24ClFN2O. The molecule has 2 aliphatic rings. The lowest BCUT2D eigenvalue weighted by Gasteiger charge is -2.52. The van der Waals surface area contributed by atoms with Gasteiger partial charge in [-0.1, -0.05) is 11.6 Å². The van der Waals surface area contributed by atoms with E-state index >= 15 is 0 Å². The van der Waals surface area contributed by atoms with Gasteiger partial charge in [0, 0.05) is 28.2 Å². The van der Waals surface area contributed by atoms with Gasteiger partial charge in [0.25, 0.3) is 0 Å². The maximum Gasteiger partial charge on any atom is 0.228 e. The fourth-order valence-electron chi connectivity index (χ4n) is 5.47. The summed E-state index contributed by atoms with van der Waals surface area (Å²) in [7, 11) is 0. The average Bonchev–Trinajstić information content (AvgIpc) is 2.74. The lowest BCUT2D eigenvalue weighted by atomic mass is 9.52. The topological polar surface area (TPSA) is 42.0 Å². The molecule has 2 aliphatic carbocycles. The van der Waals surface area contributed by atoms with Gasteiger partial charge >= 0.3 is 0 Å². The first-order valence-corrected chi connectivity index (χ1v) is 11.0. The summed E-state index contributed by atoms with van der Waals surface area (Å²) in [5.41, 5.74) is 2.94. The van der Waals surface area contributed by atoms with Crippen molar-refractivity contribution in [3.63, 3.8) is 0 Å². The van der Waals surface area contributed by atoms with E-state index in [1.165, 1.54) is 11.6 Å². The van der Waals surface area contributed by atoms with Crippen molar-refractivity contribution in [1.82, 2.24) is 4.98 Å². The Bertz CT molecular complexity index is 1090. The number of pyridine rings is 1. The maximum absolute atomic E-state index is 13.8. The molecule has 2 fully saturated rings. The average molecular weight is 423 g/mol. The summed E-state index contributed by atoms with van der Waals surface area (Å²) in [6, 6.07) is 14.1. The molecule has 1 amide bonds. The van der Waals surface area contributed by atoms with Crippen LogP contribution in [-0.4, -0.2) is 10.9 Å². The van der Waals surface area contributed by atoms with Crippen LogP contribution in [-0.2, 0) is 4.79 Å². The van der Waals surface area contributed by atoms with Crippen LogP contribution in [0.5, 0.6) is 0 Å². The van der Waals surface area contributed by atoms with Crippen molar-refractivity contribution < 1.29 is 9.18 Å². The zero-order valence-electron chi connectivity index (χ0n) is 16.7. The third-order valence-electron chi connectivity index (χ3n) is 7.26. The maximum atomic E-state index is 13.8. The number of halogens is 2. The Balaban J connectivity index is 1.29. The molecule has 1 N–H and O–H groups in total. The van der Waals surface area contributed by atoms with Gasteiger partial charge in [-0.25, -0.2) is 4.39 Å². The molecule has 1 unspecified atom stereocenters. The number of aromatic nitrogens is 1. The summed E-state index contributed by atoms with van der Waals surface area (Å²) in [4.78, 5) is 17.3. The van der Waals surface area contributed by atoms with Gasteiger partial charge in [0.15, 0.2) is 0 Å². The first-order chi connectivity index (χ1) is 14.5. The minimum atomic E-state index is -0.220. The Morgan fingerprint density at radius 1 is 1.03 bits per heavy atom. The number of nitrogens with zero attached hydrogens (tertiary/aromatic N) is 1. The van der Waals surface area contributed by atoms with Crippen molar-refractivity contribution >= 4 is 34.1 Å². The lowest BCUT2D eigenvalue weighted by molar-refractivity contribution is -0.133. The van der Waals surface area contributed by atoms with Crippen molar-refractivity contribution in [3.8, 4) is 0 Å². The van der Waals surface area contributed by atoms with Gasteiger partial charge in [-0.2, -0.15) is 0 Å². The first kappa shape index (κ1) is 19.5. The second-order valence-electron chi connectivity index (χ2n) is 8.79. The van der Waals surface area contributed by atoms with Gasteiger partial charge in [0.2, 0.25) is 5.91 Å². The highest BCUT2D eigenvalue weighted by Gasteiger charge is 2.51. The molecule has 0 bridgehead atoms. The van der Waals surface area contributed by atoms with E-state index in [1.54, 1.807) is 24.3 Å². The highest BCUT2D eigenvalue weighted by atomic mass is 35.5. The summed E-state index contributed by atoms with van der Waals surface area (Å²) in [5, 5.41) is 4.65. The van der Waals surface area contributed by atoms with E-state index in [1.807, 2.05) is 24.4 Å². The van der Waals surface area contributed by atoms with E-state index in [0.29, 0.717) is 10.9 Å². The highest BCUT2D eigenvalue weighted by molar-refractivity contribution is 6.30. The Kier molecular flexibility index (Phi) is 4.98. The number of rotatable bonds is 3. The van der Waals surface area contributed by atoms with Crippen LogP contribution in [0.25, 0.3) is 10.9 Å². The summed E-state index contributed by atoms with van der Waals surface area (Å²) in [5.74, 6) is 0.365. The lowest BCUT2D eigenvalue weighted by Crippen LogP contribution is -2.48. The molecule has 2 aromatic carbocycles. The zero-order chi connectivity index (χ0) is 20.7. The van der Waals surface area contributed by atoms with Gasteiger partial charge in [0.05, 0.1) is 5.52 Å². The number of nitrogens with one attached hydrogen (secondary N) is 1. The van der Waals surface area contributed by atoms with Crippen LogP contribution in [0.1, 0.15) is 50.0 Å². The number of carbonyl (C=O) groups excluding carboxylic acids is 1. The van der Waals surface area contributed by atoms with Crippen molar-refractivity contribution in [1.29, 1.82) is 0 Å². The smallest absolute Gasteiger partial charge is 0.228 e. The number of fused-ring (bicyclic) bond motifs is 1. The molecule has 30 heavy (non-hydrogen) atoms. The van der Waals surface area contributed by atoms with E-state index in [-0.39, 0.29) is 23.1 Å². The number of hydrogen-bond acceptors (Lipinski definition) is 2. The van der Waals surface area contributed by atoms with Crippen molar-refractivity contribution in [2.75, 3.05) is 5.32 Å². The number of benzene rings is 2. The highest BCUT2D eigenvalue weighted by Crippen LogP contribution is 2.58. The van der Waals surface area contributed by atoms with Crippen LogP contribution in [0.4, 0.5) is 10.1 Å². The molecule has 1 aromatic heterocycles. The van der Waals surface area contributed by atoms with Crippen molar-refractivity contribution in [3.05, 3.63) is 71.1 Å². The third kappa shape index (κ3) is 3.47. The van der Waals surface area contributed by atoms with Gasteiger partial charge in [0.1, 0.15) is 5.82 Å². The molecule has 1 spiro atoms. The Hall–Kier alpha value is -2.46. The Morgan fingerprint density at radius 3 is 2.47 bits per heavy atom. The summed E-state index contributed by atoms with van der Waals surface area (Å²) < 4.78 is 13.8. The normalized spacial score (nSPS) is 25.8. The molecule has 154 valence electrons. The largest absolute Gasteiger partial charge is 0.326 e. The first-order valence-electron chi connectivity index (χ1n) is 10.6. The molecule has 5 rings (SSSR count). The molecule has 3 nitrogen and oxygen atoms in total. The number of amides is 1. The SMILES string of the molecule is O=C(Nc1ccc(Cl)cc1)C1CCC12CCC(c1ccnc3ccc(F)cc13)CC2. The number of anilines is 1. The van der Waals surface area contributed by atoms with E-state index < -0.39 is 0 Å². The van der Waals surface area contributed by atoms with Gasteiger partial charge in [-0.15, -0.1) is 0 Å². The minimum absolute atomic E-state index is 0.0701. The van der Waals surface area contributed by atoms with Crippen LogP contribution in [0, 0.1) is 17.2 Å². The predicted molar refractivity (Wildman–Crippen MR) is 118 cm³/mol. The fraction of sp³-hybridized carbons (Fsp3) is 0.360. The van der Waals surface area contributed by atoms with Crippen molar-refractivity contribution in [2.24, 2.45) is 11.3 Å². The summed E-state index contributed by atoms with van der Waals surface area (Å²) in [6.07, 6.45) is 8.02. The van der Waals surface area contributed by atoms with Crippen LogP contribution in [0.15, 0.2) is 54.7 Å². The molecule has 0 radical (unpaired) electrons. The molecule has 0 aliphatic heterocycles. The van der Waals surface area contributed by atoms with Crippen LogP contribution < -0.4 is 5.32 Å². The van der Waals surface area contributed by atoms with E-state index in [2.05, 4.69) is 10.3 Å². The monoisotopic (exact) mass is 422 g/mol. The molecule has 0 saturated heterocycles. The predicted octanol–water partition coefficient (Wildman–Crippen LogP) is 6.72. The van der Waals surface area contributed by atoms with Crippen molar-refractivity contribution in [2.45, 2.75) is 44.4 Å². The summed E-state index contributed by atoms with van der Waals surface area (Å²) in [6.45, 7) is 0. The second-order valence-corrected chi connectivity index (χ2v) is 9.22. The standard InChI is InChI=1S/C25H24ClFN2O/c26-17-1-4-19(5-2-17)29-24(30)22-9-13-25(22)11-7-16(8-12-25)20-10-14-28-23-6-3-18(27)15-21(20)23/h1-6,10,14-16,22H,7-9,11-13H2,(H,29,30). The van der Waals surface area contributed by atoms with E-state index in [0.717, 1.165) is 55.1 Å². The zero-order valence-corrected chi connectivity index (χ0v) is 17.5.